The van der Waals surface area contributed by atoms with Gasteiger partial charge in [0.15, 0.2) is 0 Å². The van der Waals surface area contributed by atoms with Gasteiger partial charge in [-0.15, -0.1) is 0 Å². The lowest BCUT2D eigenvalue weighted by Gasteiger charge is -2.25. The topological polar surface area (TPSA) is 96.2 Å². The molecule has 0 aromatic heterocycles. The average molecular weight is 433 g/mol. The normalized spacial score (nSPS) is 30.5. The van der Waals surface area contributed by atoms with Crippen LogP contribution >= 0.6 is 0 Å². The van der Waals surface area contributed by atoms with Crippen molar-refractivity contribution in [1.82, 2.24) is 0 Å². The summed E-state index contributed by atoms with van der Waals surface area (Å²) in [5.41, 5.74) is 0. The molecule has 1 aromatic rings. The summed E-state index contributed by atoms with van der Waals surface area (Å²) in [7, 11) is 0. The summed E-state index contributed by atoms with van der Waals surface area (Å²) in [5, 5.41) is 30.4. The Bertz CT molecular complexity index is 705. The third-order valence-corrected chi connectivity index (χ3v) is 6.57. The monoisotopic (exact) mass is 432 g/mol. The summed E-state index contributed by atoms with van der Waals surface area (Å²) in [4.78, 5) is 11.5. The van der Waals surface area contributed by atoms with Crippen molar-refractivity contribution in [2.24, 2.45) is 17.8 Å². The minimum atomic E-state index is -0.753. The Kier molecular flexibility index (Phi) is 8.93. The molecule has 0 spiro atoms. The Labute approximate surface area is 184 Å². The molecule has 7 atom stereocenters. The largest absolute Gasteiger partial charge is 0.491 e. The maximum absolute atomic E-state index is 11.5. The highest BCUT2D eigenvalue weighted by Crippen LogP contribution is 2.42. The zero-order chi connectivity index (χ0) is 22.2. The maximum atomic E-state index is 11.5. The lowest BCUT2D eigenvalue weighted by Crippen LogP contribution is -2.27. The quantitative estimate of drug-likeness (QED) is 0.487. The van der Waals surface area contributed by atoms with Gasteiger partial charge in [0.05, 0.1) is 24.2 Å². The Morgan fingerprint density at radius 1 is 1.29 bits per heavy atom. The molecule has 0 bridgehead atoms. The van der Waals surface area contributed by atoms with Gasteiger partial charge in [-0.25, -0.2) is 0 Å². The fraction of sp³-hybridized carbons (Fsp3) is 0.640. The first-order chi connectivity index (χ1) is 15.0. The highest BCUT2D eigenvalue weighted by Gasteiger charge is 2.44. The molecule has 31 heavy (non-hydrogen) atoms. The number of para-hydroxylation sites is 1. The lowest BCUT2D eigenvalue weighted by molar-refractivity contribution is -0.144. The molecule has 1 aromatic carbocycles. The van der Waals surface area contributed by atoms with E-state index in [9.17, 15) is 20.1 Å². The van der Waals surface area contributed by atoms with E-state index in [-0.39, 0.29) is 36.6 Å². The molecule has 3 N–H and O–H groups in total. The molecule has 1 saturated carbocycles. The van der Waals surface area contributed by atoms with E-state index in [4.69, 9.17) is 9.47 Å². The Morgan fingerprint density at radius 2 is 2.06 bits per heavy atom. The van der Waals surface area contributed by atoms with E-state index in [0.717, 1.165) is 25.7 Å². The van der Waals surface area contributed by atoms with Crippen LogP contribution in [0.1, 0.15) is 51.9 Å². The number of rotatable bonds is 10. The van der Waals surface area contributed by atoms with Crippen LogP contribution in [0.15, 0.2) is 42.5 Å². The molecule has 1 heterocycles. The number of aliphatic carboxylic acids is 1. The first kappa shape index (κ1) is 23.8. The Balaban J connectivity index is 1.54. The first-order valence-corrected chi connectivity index (χ1v) is 11.6. The zero-order valence-corrected chi connectivity index (χ0v) is 18.3. The van der Waals surface area contributed by atoms with Crippen molar-refractivity contribution in [1.29, 1.82) is 0 Å². The number of aliphatic hydroxyl groups is 2. The molecule has 1 aliphatic carbocycles. The van der Waals surface area contributed by atoms with Crippen LogP contribution < -0.4 is 4.74 Å². The second-order valence-corrected chi connectivity index (χ2v) is 8.91. The predicted octanol–water partition coefficient (Wildman–Crippen LogP) is 3.81. The molecule has 2 fully saturated rings. The summed E-state index contributed by atoms with van der Waals surface area (Å²) in [5.74, 6) is -0.283. The van der Waals surface area contributed by atoms with Gasteiger partial charge < -0.3 is 24.8 Å². The third kappa shape index (κ3) is 6.79. The fourth-order valence-electron chi connectivity index (χ4n) is 5.00. The van der Waals surface area contributed by atoms with Gasteiger partial charge in [0, 0.05) is 12.3 Å². The van der Waals surface area contributed by atoms with E-state index in [1.807, 2.05) is 43.3 Å². The highest BCUT2D eigenvalue weighted by atomic mass is 16.5. The zero-order valence-electron chi connectivity index (χ0n) is 18.3. The van der Waals surface area contributed by atoms with Crippen molar-refractivity contribution in [2.45, 2.75) is 76.3 Å². The van der Waals surface area contributed by atoms with E-state index in [0.29, 0.717) is 25.0 Å². The second kappa shape index (κ2) is 11.7. The fourth-order valence-corrected chi connectivity index (χ4v) is 5.00. The van der Waals surface area contributed by atoms with E-state index in [1.165, 1.54) is 0 Å². The smallest absolute Gasteiger partial charge is 0.306 e. The van der Waals surface area contributed by atoms with Gasteiger partial charge in [0.1, 0.15) is 18.5 Å². The summed E-state index contributed by atoms with van der Waals surface area (Å²) >= 11 is 0. The van der Waals surface area contributed by atoms with Crippen LogP contribution in [0, 0.1) is 17.8 Å². The van der Waals surface area contributed by atoms with Crippen molar-refractivity contribution < 1.29 is 29.6 Å². The Hall–Kier alpha value is -1.89. The number of hydrogen-bond acceptors (Lipinski definition) is 5. The highest BCUT2D eigenvalue weighted by molar-refractivity contribution is 5.69. The van der Waals surface area contributed by atoms with Crippen LogP contribution in [0.2, 0.25) is 0 Å². The van der Waals surface area contributed by atoms with E-state index in [1.54, 1.807) is 6.08 Å². The number of ether oxygens (including phenoxy) is 2. The molecule has 6 nitrogen and oxygen atoms in total. The van der Waals surface area contributed by atoms with Gasteiger partial charge in [0.25, 0.3) is 0 Å². The van der Waals surface area contributed by atoms with Crippen molar-refractivity contribution in [3.8, 4) is 5.75 Å². The molecule has 1 saturated heterocycles. The lowest BCUT2D eigenvalue weighted by atomic mass is 9.88. The van der Waals surface area contributed by atoms with Gasteiger partial charge in [-0.05, 0) is 43.7 Å². The molecule has 2 aliphatic rings. The molecule has 1 aliphatic heterocycles. The van der Waals surface area contributed by atoms with Gasteiger partial charge in [-0.1, -0.05) is 50.1 Å². The van der Waals surface area contributed by atoms with Crippen LogP contribution in [0.3, 0.4) is 0 Å². The van der Waals surface area contributed by atoms with Crippen LogP contribution in [0.5, 0.6) is 5.75 Å². The van der Waals surface area contributed by atoms with Crippen LogP contribution in [0.4, 0.5) is 0 Å². The van der Waals surface area contributed by atoms with Crippen LogP contribution in [-0.2, 0) is 9.53 Å². The van der Waals surface area contributed by atoms with Crippen molar-refractivity contribution in [3.63, 3.8) is 0 Å². The number of carboxylic acids is 1. The van der Waals surface area contributed by atoms with Crippen LogP contribution in [-0.4, -0.2) is 52.3 Å². The predicted molar refractivity (Wildman–Crippen MR) is 118 cm³/mol. The molecule has 172 valence electrons. The second-order valence-electron chi connectivity index (χ2n) is 8.91. The molecule has 0 radical (unpaired) electrons. The summed E-state index contributed by atoms with van der Waals surface area (Å²) < 4.78 is 11.9. The number of aliphatic hydroxyl groups excluding tert-OH is 2. The molecular formula is C25H36O6. The minimum Gasteiger partial charge on any atom is -0.491 e. The van der Waals surface area contributed by atoms with E-state index < -0.39 is 18.2 Å². The SMILES string of the molecule is CCCC(C[C@H]1CCC[C@@H]2[C@@H](/C=C/[C@@H](O)COc3ccccc3)[C@H](O)C[C@@H]2O1)C(=O)O. The average Bonchev–Trinajstić information content (AvgIpc) is 2.91. The van der Waals surface area contributed by atoms with Gasteiger partial charge >= 0.3 is 5.97 Å². The maximum Gasteiger partial charge on any atom is 0.306 e. The summed E-state index contributed by atoms with van der Waals surface area (Å²) in [6, 6.07) is 9.36. The number of carbonyl (C=O) groups is 1. The molecule has 3 rings (SSSR count). The van der Waals surface area contributed by atoms with Crippen molar-refractivity contribution in [2.75, 3.05) is 6.61 Å². The molecule has 1 unspecified atom stereocenters. The van der Waals surface area contributed by atoms with Crippen molar-refractivity contribution >= 4 is 5.97 Å². The number of hydrogen-bond donors (Lipinski definition) is 3. The standard InChI is InChI=1S/C25H36O6/c1-2-7-17(25(28)29)14-20-10-6-11-22-21(23(27)15-24(22)31-20)13-12-18(26)16-30-19-8-4-3-5-9-19/h3-5,8-9,12-13,17-18,20-24,26-27H,2,6-7,10-11,14-16H2,1H3,(H,28,29)/b13-12+/t17?,18-,20-,21-,22-,23-,24+/m1/s1. The number of fused-ring (bicyclic) bond motifs is 1. The Morgan fingerprint density at radius 3 is 2.77 bits per heavy atom. The van der Waals surface area contributed by atoms with E-state index in [2.05, 4.69) is 0 Å². The van der Waals surface area contributed by atoms with Gasteiger partial charge in [-0.3, -0.25) is 4.79 Å². The number of benzene rings is 1. The minimum absolute atomic E-state index is 0.0640. The summed E-state index contributed by atoms with van der Waals surface area (Å²) in [6.45, 7) is 2.16. The van der Waals surface area contributed by atoms with Crippen molar-refractivity contribution in [3.05, 3.63) is 42.5 Å². The van der Waals surface area contributed by atoms with Gasteiger partial charge in [-0.2, -0.15) is 0 Å². The number of carboxylic acid groups (broad SMARTS) is 1. The third-order valence-electron chi connectivity index (χ3n) is 6.57. The molecule has 6 heteroatoms. The summed E-state index contributed by atoms with van der Waals surface area (Å²) in [6.07, 6.45) is 7.59. The molecule has 0 amide bonds. The van der Waals surface area contributed by atoms with E-state index >= 15 is 0 Å². The molecular weight excluding hydrogens is 396 g/mol. The van der Waals surface area contributed by atoms with Crippen LogP contribution in [0.25, 0.3) is 0 Å². The first-order valence-electron chi connectivity index (χ1n) is 11.6. The van der Waals surface area contributed by atoms with Gasteiger partial charge in [0.2, 0.25) is 0 Å².